The summed E-state index contributed by atoms with van der Waals surface area (Å²) in [6, 6.07) is 5.93. The number of aliphatic carboxylic acids is 1. The molecular weight excluding hydrogens is 324 g/mol. The number of aromatic nitrogens is 1. The molecule has 0 aromatic carbocycles. The first-order chi connectivity index (χ1) is 9.66. The van der Waals surface area contributed by atoms with E-state index in [0.717, 1.165) is 23.3 Å². The molecule has 3 atom stereocenters. The Morgan fingerprint density at radius 1 is 1.45 bits per heavy atom. The summed E-state index contributed by atoms with van der Waals surface area (Å²) in [6.07, 6.45) is 2.31. The summed E-state index contributed by atoms with van der Waals surface area (Å²) in [5, 5.41) is 9.36. The number of nitrogens with zero attached hydrogens (tertiary/aromatic N) is 2. The van der Waals surface area contributed by atoms with Crippen molar-refractivity contribution in [2.24, 2.45) is 5.92 Å². The van der Waals surface area contributed by atoms with Crippen molar-refractivity contribution in [1.82, 2.24) is 4.98 Å². The predicted molar refractivity (Wildman–Crippen MR) is 77.8 cm³/mol. The van der Waals surface area contributed by atoms with Crippen LogP contribution in [0, 0.1) is 5.92 Å². The number of hydrogen-bond acceptors (Lipinski definition) is 4. The van der Waals surface area contributed by atoms with Gasteiger partial charge in [0, 0.05) is 13.2 Å². The minimum atomic E-state index is -0.747. The molecule has 2 aliphatic heterocycles. The maximum absolute atomic E-state index is 11.4. The number of ether oxygens (including phenoxy) is 1. The number of pyridine rings is 1. The number of anilines is 1. The largest absolute Gasteiger partial charge is 0.481 e. The second-order valence-electron chi connectivity index (χ2n) is 5.29. The van der Waals surface area contributed by atoms with E-state index in [9.17, 15) is 9.90 Å². The lowest BCUT2D eigenvalue weighted by Gasteiger charge is -2.46. The van der Waals surface area contributed by atoms with E-state index in [1.165, 1.54) is 0 Å². The summed E-state index contributed by atoms with van der Waals surface area (Å²) in [4.78, 5) is 18.1. The van der Waals surface area contributed by atoms with Crippen LogP contribution in [0.1, 0.15) is 19.3 Å². The van der Waals surface area contributed by atoms with E-state index in [2.05, 4.69) is 25.8 Å². The van der Waals surface area contributed by atoms with E-state index in [4.69, 9.17) is 4.74 Å². The quantitative estimate of drug-likeness (QED) is 0.837. The highest BCUT2D eigenvalue weighted by Gasteiger charge is 2.44. The van der Waals surface area contributed by atoms with Crippen molar-refractivity contribution in [3.8, 4) is 0 Å². The van der Waals surface area contributed by atoms with E-state index >= 15 is 0 Å². The summed E-state index contributed by atoms with van der Waals surface area (Å²) < 4.78 is 6.57. The van der Waals surface area contributed by atoms with Gasteiger partial charge in [0.15, 0.2) is 0 Å². The van der Waals surface area contributed by atoms with Crippen LogP contribution in [0.3, 0.4) is 0 Å². The lowest BCUT2D eigenvalue weighted by atomic mass is 9.84. The van der Waals surface area contributed by atoms with Gasteiger partial charge in [0.05, 0.1) is 18.1 Å². The maximum atomic E-state index is 11.4. The Bertz CT molecular complexity index is 511. The average molecular weight is 341 g/mol. The molecule has 20 heavy (non-hydrogen) atoms. The zero-order valence-electron chi connectivity index (χ0n) is 11.0. The van der Waals surface area contributed by atoms with Crippen molar-refractivity contribution < 1.29 is 14.6 Å². The van der Waals surface area contributed by atoms with Crippen molar-refractivity contribution in [1.29, 1.82) is 0 Å². The number of carboxylic acids is 1. The smallest absolute Gasteiger partial charge is 0.309 e. The van der Waals surface area contributed by atoms with Gasteiger partial charge in [0.1, 0.15) is 10.4 Å². The number of hydrogen-bond donors (Lipinski definition) is 1. The molecule has 1 aromatic heterocycles. The molecular formula is C14H17BrN2O3. The van der Waals surface area contributed by atoms with Crippen LogP contribution >= 0.6 is 15.9 Å². The van der Waals surface area contributed by atoms with Crippen molar-refractivity contribution >= 4 is 27.7 Å². The first-order valence-electron chi connectivity index (χ1n) is 6.90. The van der Waals surface area contributed by atoms with Crippen molar-refractivity contribution in [3.05, 3.63) is 22.8 Å². The third-order valence-corrected chi connectivity index (χ3v) is 4.57. The summed E-state index contributed by atoms with van der Waals surface area (Å²) in [5.41, 5.74) is 0. The molecule has 3 rings (SSSR count). The topological polar surface area (TPSA) is 62.7 Å². The fourth-order valence-electron chi connectivity index (χ4n) is 3.22. The second-order valence-corrected chi connectivity index (χ2v) is 6.10. The highest BCUT2D eigenvalue weighted by Crippen LogP contribution is 2.34. The minimum absolute atomic E-state index is 0.111. The molecule has 2 aliphatic rings. The number of carboxylic acid groups (broad SMARTS) is 1. The number of halogens is 1. The summed E-state index contributed by atoms with van der Waals surface area (Å²) in [7, 11) is 0. The van der Waals surface area contributed by atoms with Gasteiger partial charge in [-0.1, -0.05) is 6.07 Å². The molecule has 0 aliphatic carbocycles. The monoisotopic (exact) mass is 340 g/mol. The van der Waals surface area contributed by atoms with Crippen LogP contribution in [0.4, 0.5) is 5.82 Å². The van der Waals surface area contributed by atoms with Gasteiger partial charge in [0.2, 0.25) is 0 Å². The Balaban J connectivity index is 1.88. The zero-order chi connectivity index (χ0) is 14.1. The van der Waals surface area contributed by atoms with Gasteiger partial charge in [-0.2, -0.15) is 0 Å². The molecule has 0 spiro atoms. The Morgan fingerprint density at radius 3 is 3.05 bits per heavy atom. The summed E-state index contributed by atoms with van der Waals surface area (Å²) in [6.45, 7) is 1.37. The third kappa shape index (κ3) is 2.54. The molecule has 108 valence electrons. The molecule has 2 saturated heterocycles. The Kier molecular flexibility index (Phi) is 3.94. The van der Waals surface area contributed by atoms with Crippen LogP contribution in [-0.4, -0.2) is 41.4 Å². The molecule has 6 heteroatoms. The molecule has 0 unspecified atom stereocenters. The van der Waals surface area contributed by atoms with Crippen molar-refractivity contribution in [2.45, 2.75) is 31.4 Å². The molecule has 0 bridgehead atoms. The van der Waals surface area contributed by atoms with E-state index in [1.807, 2.05) is 18.2 Å². The SMILES string of the molecule is O=C(O)[C@@H]1CCN(c2cccc(Br)n2)[C@H]2CCCO[C@H]12. The molecule has 0 saturated carbocycles. The average Bonchev–Trinajstić information content (AvgIpc) is 2.46. The minimum Gasteiger partial charge on any atom is -0.481 e. The Morgan fingerprint density at radius 2 is 2.30 bits per heavy atom. The first-order valence-corrected chi connectivity index (χ1v) is 7.70. The van der Waals surface area contributed by atoms with Gasteiger partial charge in [-0.3, -0.25) is 4.79 Å². The summed E-state index contributed by atoms with van der Waals surface area (Å²) in [5.74, 6) is -0.254. The fraction of sp³-hybridized carbons (Fsp3) is 0.571. The predicted octanol–water partition coefficient (Wildman–Crippen LogP) is 2.30. The first kappa shape index (κ1) is 13.8. The Hall–Kier alpha value is -1.14. The zero-order valence-corrected chi connectivity index (χ0v) is 12.6. The highest BCUT2D eigenvalue weighted by molar-refractivity contribution is 9.10. The van der Waals surface area contributed by atoms with Crippen molar-refractivity contribution in [2.75, 3.05) is 18.1 Å². The van der Waals surface area contributed by atoms with Gasteiger partial charge < -0.3 is 14.7 Å². The highest BCUT2D eigenvalue weighted by atomic mass is 79.9. The maximum Gasteiger partial charge on any atom is 0.309 e. The van der Waals surface area contributed by atoms with Crippen LogP contribution < -0.4 is 4.90 Å². The molecule has 0 radical (unpaired) electrons. The molecule has 5 nitrogen and oxygen atoms in total. The third-order valence-electron chi connectivity index (χ3n) is 4.12. The van der Waals surface area contributed by atoms with E-state index in [1.54, 1.807) is 0 Å². The lowest BCUT2D eigenvalue weighted by Crippen LogP contribution is -2.57. The number of rotatable bonds is 2. The summed E-state index contributed by atoms with van der Waals surface area (Å²) >= 11 is 3.39. The lowest BCUT2D eigenvalue weighted by molar-refractivity contribution is -0.152. The Labute approximate surface area is 126 Å². The van der Waals surface area contributed by atoms with Gasteiger partial charge >= 0.3 is 5.97 Å². The van der Waals surface area contributed by atoms with Gasteiger partial charge in [-0.15, -0.1) is 0 Å². The number of piperidine rings is 1. The van der Waals surface area contributed by atoms with Gasteiger partial charge in [-0.25, -0.2) is 4.98 Å². The normalized spacial score (nSPS) is 29.9. The van der Waals surface area contributed by atoms with Gasteiger partial charge in [0.25, 0.3) is 0 Å². The second kappa shape index (κ2) is 5.69. The number of carbonyl (C=O) groups is 1. The van der Waals surface area contributed by atoms with Crippen LogP contribution in [0.25, 0.3) is 0 Å². The fourth-order valence-corrected chi connectivity index (χ4v) is 3.55. The van der Waals surface area contributed by atoms with Crippen molar-refractivity contribution in [3.63, 3.8) is 0 Å². The van der Waals surface area contributed by atoms with Crippen LogP contribution in [0.2, 0.25) is 0 Å². The standard InChI is InChI=1S/C14H17BrN2O3/c15-11-4-1-5-12(16-11)17-7-6-9(14(18)19)13-10(17)3-2-8-20-13/h1,4-5,9-10,13H,2-3,6-8H2,(H,18,19)/t9-,10+,13-/m1/s1. The van der Waals surface area contributed by atoms with E-state index in [0.29, 0.717) is 19.6 Å². The van der Waals surface area contributed by atoms with Crippen LogP contribution in [0.15, 0.2) is 22.8 Å². The molecule has 2 fully saturated rings. The van der Waals surface area contributed by atoms with E-state index < -0.39 is 11.9 Å². The van der Waals surface area contributed by atoms with Crippen LogP contribution in [-0.2, 0) is 9.53 Å². The number of fused-ring (bicyclic) bond motifs is 1. The molecule has 1 aromatic rings. The molecule has 0 amide bonds. The molecule has 3 heterocycles. The molecule has 1 N–H and O–H groups in total. The van der Waals surface area contributed by atoms with E-state index in [-0.39, 0.29) is 12.1 Å². The van der Waals surface area contributed by atoms with Crippen LogP contribution in [0.5, 0.6) is 0 Å². The van der Waals surface area contributed by atoms with Gasteiger partial charge in [-0.05, 0) is 47.3 Å².